The van der Waals surface area contributed by atoms with Gasteiger partial charge in [0.25, 0.3) is 11.7 Å². The lowest BCUT2D eigenvalue weighted by Gasteiger charge is -2.20. The Kier molecular flexibility index (Phi) is 3.39. The molecular formula is C13H13ClFNO2. The third kappa shape index (κ3) is 1.90. The van der Waals surface area contributed by atoms with E-state index in [2.05, 4.69) is 0 Å². The molecule has 0 bridgehead atoms. The van der Waals surface area contributed by atoms with Crippen molar-refractivity contribution in [1.29, 1.82) is 0 Å². The number of rotatable bonds is 3. The van der Waals surface area contributed by atoms with Crippen LogP contribution in [0.3, 0.4) is 0 Å². The summed E-state index contributed by atoms with van der Waals surface area (Å²) in [5.41, 5.74) is 0.0165. The molecule has 0 radical (unpaired) electrons. The zero-order valence-electron chi connectivity index (χ0n) is 10.2. The van der Waals surface area contributed by atoms with Crippen molar-refractivity contribution in [3.05, 3.63) is 28.5 Å². The second-order valence-corrected chi connectivity index (χ2v) is 4.92. The molecule has 0 spiro atoms. The smallest absolute Gasteiger partial charge is 0.299 e. The van der Waals surface area contributed by atoms with Crippen molar-refractivity contribution in [2.45, 2.75) is 20.3 Å². The van der Waals surface area contributed by atoms with Crippen molar-refractivity contribution in [2.75, 3.05) is 11.4 Å². The third-order valence-electron chi connectivity index (χ3n) is 3.21. The van der Waals surface area contributed by atoms with Crippen LogP contribution in [0.15, 0.2) is 12.1 Å². The van der Waals surface area contributed by atoms with Gasteiger partial charge in [-0.2, -0.15) is 0 Å². The lowest BCUT2D eigenvalue weighted by molar-refractivity contribution is -0.114. The van der Waals surface area contributed by atoms with Gasteiger partial charge in [0.15, 0.2) is 0 Å². The van der Waals surface area contributed by atoms with Gasteiger partial charge in [0.1, 0.15) is 5.82 Å². The number of hydrogen-bond donors (Lipinski definition) is 0. The Morgan fingerprint density at radius 2 is 2.06 bits per heavy atom. The minimum absolute atomic E-state index is 0.00929. The largest absolute Gasteiger partial charge is 0.302 e. The Hall–Kier alpha value is -1.42. The molecule has 18 heavy (non-hydrogen) atoms. The number of halogens is 2. The number of amides is 1. The molecule has 5 heteroatoms. The van der Waals surface area contributed by atoms with E-state index in [4.69, 9.17) is 11.6 Å². The van der Waals surface area contributed by atoms with Gasteiger partial charge in [0.05, 0.1) is 16.3 Å². The van der Waals surface area contributed by atoms with Crippen LogP contribution in [0.4, 0.5) is 10.1 Å². The highest BCUT2D eigenvalue weighted by molar-refractivity contribution is 6.55. The van der Waals surface area contributed by atoms with E-state index in [0.717, 1.165) is 6.42 Å². The van der Waals surface area contributed by atoms with E-state index >= 15 is 0 Å². The van der Waals surface area contributed by atoms with E-state index < -0.39 is 17.5 Å². The molecule has 2 rings (SSSR count). The number of nitrogens with zero attached hydrogens (tertiary/aromatic N) is 1. The van der Waals surface area contributed by atoms with Crippen LogP contribution in [-0.4, -0.2) is 18.2 Å². The zero-order valence-corrected chi connectivity index (χ0v) is 10.9. The molecule has 96 valence electrons. The molecular weight excluding hydrogens is 257 g/mol. The van der Waals surface area contributed by atoms with Crippen molar-refractivity contribution >= 4 is 29.0 Å². The number of ketones is 1. The fourth-order valence-corrected chi connectivity index (χ4v) is 2.21. The molecule has 0 saturated heterocycles. The van der Waals surface area contributed by atoms with Crippen LogP contribution in [0.25, 0.3) is 0 Å². The summed E-state index contributed by atoms with van der Waals surface area (Å²) < 4.78 is 13.8. The van der Waals surface area contributed by atoms with Gasteiger partial charge in [0, 0.05) is 6.54 Å². The van der Waals surface area contributed by atoms with Crippen molar-refractivity contribution < 1.29 is 14.0 Å². The quantitative estimate of drug-likeness (QED) is 0.791. The molecule has 1 aromatic rings. The lowest BCUT2D eigenvalue weighted by Crippen LogP contribution is -2.33. The first-order valence-corrected chi connectivity index (χ1v) is 6.19. The van der Waals surface area contributed by atoms with Gasteiger partial charge in [-0.3, -0.25) is 9.59 Å². The Bertz CT molecular complexity index is 530. The average molecular weight is 270 g/mol. The van der Waals surface area contributed by atoms with Gasteiger partial charge >= 0.3 is 0 Å². The first kappa shape index (κ1) is 13.0. The Morgan fingerprint density at radius 3 is 2.67 bits per heavy atom. The van der Waals surface area contributed by atoms with E-state index in [1.807, 2.05) is 13.8 Å². The second-order valence-electron chi connectivity index (χ2n) is 4.51. The Labute approximate surface area is 110 Å². The zero-order chi connectivity index (χ0) is 13.4. The number of hydrogen-bond acceptors (Lipinski definition) is 2. The van der Waals surface area contributed by atoms with Crippen LogP contribution >= 0.6 is 11.6 Å². The fraction of sp³-hybridized carbons (Fsp3) is 0.385. The van der Waals surface area contributed by atoms with E-state index in [9.17, 15) is 14.0 Å². The minimum Gasteiger partial charge on any atom is -0.302 e. The van der Waals surface area contributed by atoms with Gasteiger partial charge in [-0.15, -0.1) is 0 Å². The summed E-state index contributed by atoms with van der Waals surface area (Å²) >= 11 is 5.87. The predicted octanol–water partition coefficient (Wildman–Crippen LogP) is 3.05. The summed E-state index contributed by atoms with van der Waals surface area (Å²) in [6.07, 6.45) is 0.843. The van der Waals surface area contributed by atoms with E-state index in [0.29, 0.717) is 6.54 Å². The van der Waals surface area contributed by atoms with E-state index in [1.165, 1.54) is 17.0 Å². The summed E-state index contributed by atoms with van der Waals surface area (Å²) in [5.74, 6) is -1.82. The summed E-state index contributed by atoms with van der Waals surface area (Å²) in [6.45, 7) is 4.24. The monoisotopic (exact) mass is 269 g/mol. The minimum atomic E-state index is -0.724. The standard InChI is InChI=1S/C13H13ClFNO2/c1-3-7(2)6-16-11-9(15)5-4-8(14)10(11)12(17)13(16)18/h4-5,7H,3,6H2,1-2H3. The average Bonchev–Trinajstić information content (AvgIpc) is 2.60. The van der Waals surface area contributed by atoms with E-state index in [1.54, 1.807) is 0 Å². The molecule has 0 N–H and O–H groups in total. The summed E-state index contributed by atoms with van der Waals surface area (Å²) in [4.78, 5) is 24.9. The van der Waals surface area contributed by atoms with Crippen molar-refractivity contribution in [2.24, 2.45) is 5.92 Å². The van der Waals surface area contributed by atoms with Crippen LogP contribution in [0.1, 0.15) is 30.6 Å². The van der Waals surface area contributed by atoms with Gasteiger partial charge < -0.3 is 4.90 Å². The summed E-state index contributed by atoms with van der Waals surface area (Å²) in [7, 11) is 0. The van der Waals surface area contributed by atoms with E-state index in [-0.39, 0.29) is 22.2 Å². The molecule has 1 heterocycles. The molecule has 0 fully saturated rings. The number of fused-ring (bicyclic) bond motifs is 1. The maximum Gasteiger partial charge on any atom is 0.299 e. The van der Waals surface area contributed by atoms with Crippen LogP contribution in [0, 0.1) is 11.7 Å². The number of carbonyl (C=O) groups excluding carboxylic acids is 2. The summed E-state index contributed by atoms with van der Waals surface area (Å²) in [6, 6.07) is 2.48. The van der Waals surface area contributed by atoms with Crippen molar-refractivity contribution in [3.63, 3.8) is 0 Å². The molecule has 1 unspecified atom stereocenters. The second kappa shape index (κ2) is 4.69. The summed E-state index contributed by atoms with van der Waals surface area (Å²) in [5, 5.41) is 0.122. The van der Waals surface area contributed by atoms with Crippen molar-refractivity contribution in [3.8, 4) is 0 Å². The first-order valence-electron chi connectivity index (χ1n) is 5.81. The lowest BCUT2D eigenvalue weighted by atomic mass is 10.1. The molecule has 0 aromatic heterocycles. The molecule has 0 aliphatic carbocycles. The number of anilines is 1. The predicted molar refractivity (Wildman–Crippen MR) is 67.5 cm³/mol. The van der Waals surface area contributed by atoms with Crippen LogP contribution in [0.5, 0.6) is 0 Å². The number of Topliss-reactive ketones (excluding diaryl/α,β-unsaturated/α-hetero) is 1. The highest BCUT2D eigenvalue weighted by atomic mass is 35.5. The number of carbonyl (C=O) groups is 2. The molecule has 1 aliphatic rings. The number of benzene rings is 1. The third-order valence-corrected chi connectivity index (χ3v) is 3.52. The molecule has 1 amide bonds. The Morgan fingerprint density at radius 1 is 1.39 bits per heavy atom. The van der Waals surface area contributed by atoms with Gasteiger partial charge in [-0.05, 0) is 18.1 Å². The van der Waals surface area contributed by atoms with Gasteiger partial charge in [0.2, 0.25) is 0 Å². The molecule has 1 atom stereocenters. The van der Waals surface area contributed by atoms with Crippen LogP contribution in [-0.2, 0) is 4.79 Å². The first-order chi connectivity index (χ1) is 8.47. The molecule has 1 aromatic carbocycles. The maximum absolute atomic E-state index is 13.8. The van der Waals surface area contributed by atoms with Crippen molar-refractivity contribution in [1.82, 2.24) is 0 Å². The fourth-order valence-electron chi connectivity index (χ4n) is 1.97. The highest BCUT2D eigenvalue weighted by Gasteiger charge is 2.40. The molecule has 0 saturated carbocycles. The SMILES string of the molecule is CCC(C)CN1C(=O)C(=O)c2c(Cl)ccc(F)c21. The highest BCUT2D eigenvalue weighted by Crippen LogP contribution is 2.37. The van der Waals surface area contributed by atoms with Gasteiger partial charge in [-0.1, -0.05) is 31.9 Å². The van der Waals surface area contributed by atoms with Crippen LogP contribution in [0.2, 0.25) is 5.02 Å². The van der Waals surface area contributed by atoms with Crippen LogP contribution < -0.4 is 4.90 Å². The van der Waals surface area contributed by atoms with Gasteiger partial charge in [-0.25, -0.2) is 4.39 Å². The maximum atomic E-state index is 13.8. The molecule has 1 aliphatic heterocycles. The Balaban J connectivity index is 2.51. The normalized spacial score (nSPS) is 16.1. The topological polar surface area (TPSA) is 37.4 Å². The molecule has 3 nitrogen and oxygen atoms in total.